The molecule has 83 heavy (non-hydrogen) atoms. The molecular weight excluding hydrogens is 1020 g/mol. The predicted molar refractivity (Wildman–Crippen MR) is 362 cm³/mol. The molecule has 0 aliphatic rings. The van der Waals surface area contributed by atoms with E-state index in [9.17, 15) is 14.4 Å². The van der Waals surface area contributed by atoms with Gasteiger partial charge in [0.2, 0.25) is 0 Å². The quantitative estimate of drug-likeness (QED) is 0.0261. The number of allylic oxidation sites excluding steroid dienone is 22. The van der Waals surface area contributed by atoms with Crippen molar-refractivity contribution in [3.63, 3.8) is 0 Å². The summed E-state index contributed by atoms with van der Waals surface area (Å²) in [5.41, 5.74) is 0. The van der Waals surface area contributed by atoms with Crippen molar-refractivity contribution in [2.24, 2.45) is 0 Å². The van der Waals surface area contributed by atoms with E-state index in [2.05, 4.69) is 154 Å². The topological polar surface area (TPSA) is 78.9 Å². The van der Waals surface area contributed by atoms with Gasteiger partial charge < -0.3 is 14.2 Å². The fourth-order valence-corrected chi connectivity index (χ4v) is 9.50. The summed E-state index contributed by atoms with van der Waals surface area (Å²) in [5, 5.41) is 0. The van der Waals surface area contributed by atoms with Gasteiger partial charge >= 0.3 is 17.9 Å². The minimum absolute atomic E-state index is 0.113. The van der Waals surface area contributed by atoms with Gasteiger partial charge in [0.15, 0.2) is 6.10 Å². The number of rotatable bonds is 62. The number of ether oxygens (including phenoxy) is 3. The van der Waals surface area contributed by atoms with E-state index in [0.717, 1.165) is 116 Å². The molecule has 0 aromatic rings. The molecule has 0 rings (SSSR count). The summed E-state index contributed by atoms with van der Waals surface area (Å²) < 4.78 is 16.9. The van der Waals surface area contributed by atoms with Gasteiger partial charge in [-0.05, 0) is 128 Å². The van der Waals surface area contributed by atoms with Crippen LogP contribution in [0.5, 0.6) is 0 Å². The van der Waals surface area contributed by atoms with Gasteiger partial charge in [0.05, 0.1) is 0 Å². The molecule has 472 valence electrons. The molecule has 0 fully saturated rings. The van der Waals surface area contributed by atoms with Crippen LogP contribution < -0.4 is 0 Å². The van der Waals surface area contributed by atoms with Crippen LogP contribution in [0.25, 0.3) is 0 Å². The molecule has 1 atom stereocenters. The maximum Gasteiger partial charge on any atom is 0.306 e. The molecule has 0 radical (unpaired) electrons. The predicted octanol–water partition coefficient (Wildman–Crippen LogP) is 24.1. The second kappa shape index (κ2) is 70.0. The lowest BCUT2D eigenvalue weighted by atomic mass is 10.0. The summed E-state index contributed by atoms with van der Waals surface area (Å²) in [7, 11) is 0. The third-order valence-electron chi connectivity index (χ3n) is 14.6. The van der Waals surface area contributed by atoms with Gasteiger partial charge in [0.1, 0.15) is 13.2 Å². The summed E-state index contributed by atoms with van der Waals surface area (Å²) in [6, 6.07) is 0. The standard InChI is InChI=1S/C77H128O6/c1-4-7-10-13-16-19-22-25-27-29-31-33-35-36-37-38-39-40-42-43-45-47-49-52-55-58-61-64-67-70-76(79)82-73-74(72-81-75(78)69-66-63-60-57-54-51-24-21-18-15-12-9-6-3)83-77(80)71-68-65-62-59-56-53-50-48-46-44-41-34-32-30-28-26-23-20-17-14-11-8-5-2/h8-9,11-12,17-18,20-21,26,28-29,31-32,34,44,46,50-51,53-54,59,62,74H,4-7,10,13-16,19,22-25,27,30,33,35-43,45,47-49,52,55-58,60-61,63-73H2,1-3H3/b11-8-,12-9-,20-17-,21-18-,28-26-,31-29-,34-32-,46-44-,53-50-,54-51-,62-59-. The first-order valence-corrected chi connectivity index (χ1v) is 34.7. The number of carbonyl (C=O) groups is 3. The van der Waals surface area contributed by atoms with Crippen molar-refractivity contribution >= 4 is 17.9 Å². The number of carbonyl (C=O) groups excluding carboxylic acids is 3. The molecule has 0 aliphatic heterocycles. The molecule has 6 heteroatoms. The summed E-state index contributed by atoms with van der Waals surface area (Å²) in [6.45, 7) is 6.36. The summed E-state index contributed by atoms with van der Waals surface area (Å²) in [5.74, 6) is -0.998. The highest BCUT2D eigenvalue weighted by atomic mass is 16.6. The summed E-state index contributed by atoms with van der Waals surface area (Å²) in [6.07, 6.45) is 99.3. The molecule has 0 heterocycles. The molecule has 0 aliphatic carbocycles. The Morgan fingerprint density at radius 1 is 0.253 bits per heavy atom. The number of unbranched alkanes of at least 4 members (excludes halogenated alkanes) is 29. The van der Waals surface area contributed by atoms with Crippen LogP contribution in [-0.2, 0) is 28.6 Å². The van der Waals surface area contributed by atoms with Crippen LogP contribution in [0.1, 0.15) is 316 Å². The second-order valence-corrected chi connectivity index (χ2v) is 22.7. The van der Waals surface area contributed by atoms with Gasteiger partial charge in [-0.2, -0.15) is 0 Å². The fourth-order valence-electron chi connectivity index (χ4n) is 9.50. The molecule has 0 aromatic carbocycles. The van der Waals surface area contributed by atoms with Crippen molar-refractivity contribution in [2.45, 2.75) is 322 Å². The zero-order valence-corrected chi connectivity index (χ0v) is 54.2. The number of hydrogen-bond acceptors (Lipinski definition) is 6. The van der Waals surface area contributed by atoms with Crippen LogP contribution in [0.15, 0.2) is 134 Å². The highest BCUT2D eigenvalue weighted by molar-refractivity contribution is 5.71. The Morgan fingerprint density at radius 2 is 0.482 bits per heavy atom. The van der Waals surface area contributed by atoms with Crippen LogP contribution in [0.2, 0.25) is 0 Å². The molecule has 0 bridgehead atoms. The molecular formula is C77H128O6. The van der Waals surface area contributed by atoms with Crippen LogP contribution in [0, 0.1) is 0 Å². The van der Waals surface area contributed by atoms with Gasteiger partial charge in [-0.25, -0.2) is 0 Å². The van der Waals surface area contributed by atoms with Crippen LogP contribution in [-0.4, -0.2) is 37.2 Å². The van der Waals surface area contributed by atoms with Gasteiger partial charge in [-0.15, -0.1) is 0 Å². The molecule has 0 saturated carbocycles. The third kappa shape index (κ3) is 68.2. The maximum atomic E-state index is 12.9. The van der Waals surface area contributed by atoms with Crippen molar-refractivity contribution in [3.05, 3.63) is 134 Å². The average molecular weight is 1150 g/mol. The van der Waals surface area contributed by atoms with Gasteiger partial charge in [0, 0.05) is 19.3 Å². The van der Waals surface area contributed by atoms with Crippen molar-refractivity contribution in [1.29, 1.82) is 0 Å². The van der Waals surface area contributed by atoms with E-state index in [-0.39, 0.29) is 37.5 Å². The smallest absolute Gasteiger partial charge is 0.306 e. The Labute approximate surface area is 513 Å². The summed E-state index contributed by atoms with van der Waals surface area (Å²) >= 11 is 0. The van der Waals surface area contributed by atoms with E-state index in [4.69, 9.17) is 14.2 Å². The van der Waals surface area contributed by atoms with Crippen LogP contribution in [0.3, 0.4) is 0 Å². The Hall–Kier alpha value is -4.45. The zero-order valence-electron chi connectivity index (χ0n) is 54.2. The Balaban J connectivity index is 4.35. The molecule has 1 unspecified atom stereocenters. The molecule has 0 N–H and O–H groups in total. The van der Waals surface area contributed by atoms with E-state index in [1.807, 2.05) is 0 Å². The van der Waals surface area contributed by atoms with E-state index < -0.39 is 6.10 Å². The number of esters is 3. The van der Waals surface area contributed by atoms with E-state index in [1.165, 1.54) is 154 Å². The van der Waals surface area contributed by atoms with E-state index in [0.29, 0.717) is 19.3 Å². The molecule has 6 nitrogen and oxygen atoms in total. The molecule has 0 aromatic heterocycles. The molecule has 0 amide bonds. The lowest BCUT2D eigenvalue weighted by Gasteiger charge is -2.18. The Bertz CT molecular complexity index is 1750. The monoisotopic (exact) mass is 1150 g/mol. The summed E-state index contributed by atoms with van der Waals surface area (Å²) in [4.78, 5) is 38.3. The van der Waals surface area contributed by atoms with Crippen molar-refractivity contribution < 1.29 is 28.6 Å². The van der Waals surface area contributed by atoms with Crippen LogP contribution >= 0.6 is 0 Å². The van der Waals surface area contributed by atoms with Gasteiger partial charge in [-0.1, -0.05) is 302 Å². The van der Waals surface area contributed by atoms with Crippen LogP contribution in [0.4, 0.5) is 0 Å². The minimum atomic E-state index is -0.826. The lowest BCUT2D eigenvalue weighted by Crippen LogP contribution is -2.30. The molecule has 0 spiro atoms. The normalized spacial score (nSPS) is 13.0. The Morgan fingerprint density at radius 3 is 0.795 bits per heavy atom. The van der Waals surface area contributed by atoms with E-state index >= 15 is 0 Å². The largest absolute Gasteiger partial charge is 0.462 e. The maximum absolute atomic E-state index is 12.9. The third-order valence-corrected chi connectivity index (χ3v) is 14.6. The first-order valence-electron chi connectivity index (χ1n) is 34.7. The average Bonchev–Trinajstić information content (AvgIpc) is 3.49. The Kier molecular flexibility index (Phi) is 66.3. The minimum Gasteiger partial charge on any atom is -0.462 e. The lowest BCUT2D eigenvalue weighted by molar-refractivity contribution is -0.167. The van der Waals surface area contributed by atoms with E-state index in [1.54, 1.807) is 0 Å². The fraction of sp³-hybridized carbons (Fsp3) is 0.675. The SMILES string of the molecule is CC/C=C\C/C=C\C/C=C\C/C=C\C/C=C\C/C=C\C/C=C\CCCC(=O)OC(COC(=O)CCCCC/C=C\C/C=C\C/C=C\CC)COC(=O)CCCCCCCCCCCCCCCCCCC/C=C\CCCCCCCCCC. The number of hydrogen-bond donors (Lipinski definition) is 0. The highest BCUT2D eigenvalue weighted by Gasteiger charge is 2.19. The van der Waals surface area contributed by atoms with Gasteiger partial charge in [-0.3, -0.25) is 14.4 Å². The zero-order chi connectivity index (χ0) is 59.9. The van der Waals surface area contributed by atoms with Crippen molar-refractivity contribution in [2.75, 3.05) is 13.2 Å². The van der Waals surface area contributed by atoms with Crippen molar-refractivity contribution in [1.82, 2.24) is 0 Å². The van der Waals surface area contributed by atoms with Crippen molar-refractivity contribution in [3.8, 4) is 0 Å². The molecule has 0 saturated heterocycles. The highest BCUT2D eigenvalue weighted by Crippen LogP contribution is 2.17. The first-order chi connectivity index (χ1) is 41.0. The second-order valence-electron chi connectivity index (χ2n) is 22.7. The van der Waals surface area contributed by atoms with Gasteiger partial charge in [0.25, 0.3) is 0 Å². The first kappa shape index (κ1) is 78.5.